The maximum Gasteiger partial charge on any atom is 0.271 e. The summed E-state index contributed by atoms with van der Waals surface area (Å²) < 4.78 is 52.0. The maximum atomic E-state index is 12.2. The van der Waals surface area contributed by atoms with Gasteiger partial charge in [-0.2, -0.15) is 0 Å². The SMILES string of the molecule is Cc1ccc(S(=O)(=O)Nc2ccc(S(=O)(=O)N(C)C)cc2)s1. The molecule has 0 saturated carbocycles. The molecule has 2 rings (SSSR count). The minimum atomic E-state index is -3.65. The van der Waals surface area contributed by atoms with Crippen LogP contribution in [0.15, 0.2) is 45.5 Å². The number of sulfonamides is 2. The Balaban J connectivity index is 2.26. The van der Waals surface area contributed by atoms with E-state index in [1.54, 1.807) is 6.07 Å². The number of nitrogens with zero attached hydrogens (tertiary/aromatic N) is 1. The van der Waals surface area contributed by atoms with Gasteiger partial charge in [0.15, 0.2) is 0 Å². The number of hydrogen-bond donors (Lipinski definition) is 1. The second-order valence-corrected chi connectivity index (χ2v) is 10.1. The predicted octanol–water partition coefficient (Wildman–Crippen LogP) is 2.11. The lowest BCUT2D eigenvalue weighted by Gasteiger charge is -2.12. The van der Waals surface area contributed by atoms with Crippen LogP contribution in [0.4, 0.5) is 5.69 Å². The third-order valence-electron chi connectivity index (χ3n) is 2.87. The van der Waals surface area contributed by atoms with Crippen molar-refractivity contribution < 1.29 is 16.8 Å². The van der Waals surface area contributed by atoms with Crippen molar-refractivity contribution in [2.24, 2.45) is 0 Å². The Morgan fingerprint density at radius 3 is 2.00 bits per heavy atom. The summed E-state index contributed by atoms with van der Waals surface area (Å²) in [5, 5.41) is 0. The minimum Gasteiger partial charge on any atom is -0.279 e. The van der Waals surface area contributed by atoms with Crippen LogP contribution in [0.5, 0.6) is 0 Å². The first kappa shape index (κ1) is 16.9. The number of hydrogen-bond acceptors (Lipinski definition) is 5. The lowest BCUT2D eigenvalue weighted by atomic mass is 10.3. The second-order valence-electron chi connectivity index (χ2n) is 4.78. The fraction of sp³-hybridized carbons (Fsp3) is 0.231. The molecule has 0 aliphatic heterocycles. The van der Waals surface area contributed by atoms with Gasteiger partial charge in [0, 0.05) is 24.7 Å². The van der Waals surface area contributed by atoms with Gasteiger partial charge in [0.1, 0.15) is 4.21 Å². The van der Waals surface area contributed by atoms with Crippen molar-refractivity contribution in [2.45, 2.75) is 16.0 Å². The second kappa shape index (κ2) is 5.99. The highest BCUT2D eigenvalue weighted by atomic mass is 32.2. The van der Waals surface area contributed by atoms with E-state index in [4.69, 9.17) is 0 Å². The molecule has 1 heterocycles. The standard InChI is InChI=1S/C13H16N2O4S3/c1-10-4-9-13(20-10)21(16,17)14-11-5-7-12(8-6-11)22(18,19)15(2)3/h4-9,14H,1-3H3. The number of nitrogens with one attached hydrogen (secondary N) is 1. The molecule has 0 saturated heterocycles. The van der Waals surface area contributed by atoms with E-state index in [2.05, 4.69) is 4.72 Å². The fourth-order valence-corrected chi connectivity index (χ4v) is 4.91. The van der Waals surface area contributed by atoms with E-state index in [0.717, 1.165) is 9.18 Å². The van der Waals surface area contributed by atoms with E-state index in [1.165, 1.54) is 55.8 Å². The van der Waals surface area contributed by atoms with Gasteiger partial charge in [-0.3, -0.25) is 4.72 Å². The molecule has 0 fully saturated rings. The quantitative estimate of drug-likeness (QED) is 0.885. The summed E-state index contributed by atoms with van der Waals surface area (Å²) in [5.74, 6) is 0. The van der Waals surface area contributed by atoms with Crippen molar-refractivity contribution in [1.29, 1.82) is 0 Å². The number of thiophene rings is 1. The number of aryl methyl sites for hydroxylation is 1. The minimum absolute atomic E-state index is 0.104. The summed E-state index contributed by atoms with van der Waals surface area (Å²) in [6.45, 7) is 1.82. The van der Waals surface area contributed by atoms with Crippen LogP contribution < -0.4 is 4.72 Å². The van der Waals surface area contributed by atoms with E-state index in [-0.39, 0.29) is 9.10 Å². The van der Waals surface area contributed by atoms with Gasteiger partial charge in [-0.15, -0.1) is 11.3 Å². The van der Waals surface area contributed by atoms with Crippen LogP contribution in [-0.2, 0) is 20.0 Å². The molecule has 0 amide bonds. The molecule has 9 heteroatoms. The van der Waals surface area contributed by atoms with Crippen LogP contribution in [0.2, 0.25) is 0 Å². The van der Waals surface area contributed by atoms with Gasteiger partial charge >= 0.3 is 0 Å². The summed E-state index contributed by atoms with van der Waals surface area (Å²) in [5.41, 5.74) is 0.309. The van der Waals surface area contributed by atoms with Gasteiger partial charge in [0.2, 0.25) is 10.0 Å². The Morgan fingerprint density at radius 1 is 0.955 bits per heavy atom. The molecular formula is C13H16N2O4S3. The predicted molar refractivity (Wildman–Crippen MR) is 87.2 cm³/mol. The molecule has 0 spiro atoms. The summed E-state index contributed by atoms with van der Waals surface area (Å²) in [4.78, 5) is 1.00. The van der Waals surface area contributed by atoms with Crippen molar-refractivity contribution >= 4 is 37.1 Å². The van der Waals surface area contributed by atoms with Crippen LogP contribution in [0, 0.1) is 6.92 Å². The summed E-state index contributed by atoms with van der Waals surface area (Å²) in [6, 6.07) is 8.85. The van der Waals surface area contributed by atoms with Crippen LogP contribution in [0.25, 0.3) is 0 Å². The zero-order chi connectivity index (χ0) is 16.5. The van der Waals surface area contributed by atoms with Crippen LogP contribution >= 0.6 is 11.3 Å². The maximum absolute atomic E-state index is 12.2. The van der Waals surface area contributed by atoms with Crippen molar-refractivity contribution in [1.82, 2.24) is 4.31 Å². The molecule has 1 aromatic heterocycles. The van der Waals surface area contributed by atoms with E-state index < -0.39 is 20.0 Å². The Labute approximate surface area is 134 Å². The van der Waals surface area contributed by atoms with E-state index >= 15 is 0 Å². The van der Waals surface area contributed by atoms with Crippen molar-refractivity contribution in [3.8, 4) is 0 Å². The zero-order valence-electron chi connectivity index (χ0n) is 12.3. The topological polar surface area (TPSA) is 83.5 Å². The largest absolute Gasteiger partial charge is 0.279 e. The first-order chi connectivity index (χ1) is 10.1. The Morgan fingerprint density at radius 2 is 1.55 bits per heavy atom. The highest BCUT2D eigenvalue weighted by Gasteiger charge is 2.19. The zero-order valence-corrected chi connectivity index (χ0v) is 14.7. The van der Waals surface area contributed by atoms with E-state index in [9.17, 15) is 16.8 Å². The summed E-state index contributed by atoms with van der Waals surface area (Å²) in [6.07, 6.45) is 0. The third-order valence-corrected chi connectivity index (χ3v) is 7.57. The van der Waals surface area contributed by atoms with Gasteiger partial charge in [-0.05, 0) is 43.3 Å². The molecule has 1 N–H and O–H groups in total. The first-order valence-electron chi connectivity index (χ1n) is 6.25. The molecule has 0 radical (unpaired) electrons. The Hall–Kier alpha value is -1.42. The lowest BCUT2D eigenvalue weighted by molar-refractivity contribution is 0.521. The van der Waals surface area contributed by atoms with E-state index in [0.29, 0.717) is 5.69 Å². The highest BCUT2D eigenvalue weighted by Crippen LogP contribution is 2.24. The Kier molecular flexibility index (Phi) is 4.62. The van der Waals surface area contributed by atoms with Crippen molar-refractivity contribution in [3.63, 3.8) is 0 Å². The monoisotopic (exact) mass is 360 g/mol. The van der Waals surface area contributed by atoms with Crippen molar-refractivity contribution in [3.05, 3.63) is 41.3 Å². The van der Waals surface area contributed by atoms with Gasteiger partial charge in [0.25, 0.3) is 10.0 Å². The molecule has 0 atom stereocenters. The normalized spacial score (nSPS) is 12.5. The van der Waals surface area contributed by atoms with Crippen molar-refractivity contribution in [2.75, 3.05) is 18.8 Å². The van der Waals surface area contributed by atoms with Gasteiger partial charge in [0.05, 0.1) is 4.90 Å². The average molecular weight is 360 g/mol. The van der Waals surface area contributed by atoms with Crippen LogP contribution in [0.3, 0.4) is 0 Å². The average Bonchev–Trinajstić information content (AvgIpc) is 2.86. The first-order valence-corrected chi connectivity index (χ1v) is 9.99. The van der Waals surface area contributed by atoms with Crippen LogP contribution in [0.1, 0.15) is 4.88 Å². The molecule has 22 heavy (non-hydrogen) atoms. The molecule has 2 aromatic rings. The summed E-state index contributed by atoms with van der Waals surface area (Å²) >= 11 is 1.17. The van der Waals surface area contributed by atoms with Gasteiger partial charge in [-0.1, -0.05) is 0 Å². The molecule has 120 valence electrons. The third kappa shape index (κ3) is 3.49. The molecule has 0 unspecified atom stereocenters. The summed E-state index contributed by atoms with van der Waals surface area (Å²) in [7, 11) is -4.31. The lowest BCUT2D eigenvalue weighted by Crippen LogP contribution is -2.22. The smallest absolute Gasteiger partial charge is 0.271 e. The molecule has 0 bridgehead atoms. The molecule has 0 aliphatic carbocycles. The number of benzene rings is 1. The molecule has 0 aliphatic rings. The van der Waals surface area contributed by atoms with Gasteiger partial charge < -0.3 is 0 Å². The van der Waals surface area contributed by atoms with E-state index in [1.807, 2.05) is 6.92 Å². The highest BCUT2D eigenvalue weighted by molar-refractivity contribution is 7.94. The number of anilines is 1. The van der Waals surface area contributed by atoms with Gasteiger partial charge in [-0.25, -0.2) is 21.1 Å². The number of rotatable bonds is 5. The Bertz CT molecular complexity index is 866. The molecule has 6 nitrogen and oxygen atoms in total. The fourth-order valence-electron chi connectivity index (χ4n) is 1.67. The molecular weight excluding hydrogens is 344 g/mol. The van der Waals surface area contributed by atoms with Crippen LogP contribution in [-0.4, -0.2) is 35.2 Å². The molecule has 1 aromatic carbocycles.